The maximum atomic E-state index is 5.70. The minimum Gasteiger partial charge on any atom is -0.493 e. The predicted molar refractivity (Wildman–Crippen MR) is 81.3 cm³/mol. The number of rotatable bonds is 7. The van der Waals surface area contributed by atoms with Crippen LogP contribution in [-0.4, -0.2) is 25.9 Å². The number of hydrogen-bond acceptors (Lipinski definition) is 4. The molecule has 0 radical (unpaired) electrons. The minimum atomic E-state index is -0.0816. The summed E-state index contributed by atoms with van der Waals surface area (Å²) in [5.74, 6) is 1.89. The summed E-state index contributed by atoms with van der Waals surface area (Å²) in [6.07, 6.45) is 2.54. The highest BCUT2D eigenvalue weighted by Gasteiger charge is 2.05. The van der Waals surface area contributed by atoms with Crippen molar-refractivity contribution in [1.82, 2.24) is 0 Å². The highest BCUT2D eigenvalue weighted by Crippen LogP contribution is 2.27. The number of nitrogens with two attached hydrogens (primary N) is 2. The molecule has 0 aliphatic carbocycles. The van der Waals surface area contributed by atoms with Crippen molar-refractivity contribution >= 4 is 12.2 Å². The molecule has 110 valence electrons. The fourth-order valence-electron chi connectivity index (χ4n) is 1.45. The number of nitrogens with zero attached hydrogens (tertiary/aromatic N) is 2. The molecule has 0 bridgehead atoms. The third-order valence-corrected chi connectivity index (χ3v) is 2.52. The molecule has 0 aliphatic heterocycles. The minimum absolute atomic E-state index is 0.0816. The van der Waals surface area contributed by atoms with E-state index in [4.69, 9.17) is 20.9 Å². The smallest absolute Gasteiger partial charge is 0.211 e. The third kappa shape index (κ3) is 5.60. The lowest BCUT2D eigenvalue weighted by molar-refractivity contribution is 0.273. The molecule has 0 aromatic heterocycles. The Kier molecular flexibility index (Phi) is 6.36. The summed E-state index contributed by atoms with van der Waals surface area (Å²) in [7, 11) is 1.60. The average molecular weight is 278 g/mol. The molecule has 4 N–H and O–H groups in total. The Morgan fingerprint density at radius 1 is 1.30 bits per heavy atom. The Bertz CT molecular complexity index is 480. The fraction of sp³-hybridized carbons (Fsp3) is 0.429. The van der Waals surface area contributed by atoms with Gasteiger partial charge >= 0.3 is 0 Å². The molecule has 1 aromatic carbocycles. The molecule has 1 aromatic rings. The first kappa shape index (κ1) is 15.8. The Labute approximate surface area is 119 Å². The number of benzene rings is 1. The Hall–Kier alpha value is -2.24. The van der Waals surface area contributed by atoms with Crippen molar-refractivity contribution in [3.63, 3.8) is 0 Å². The molecule has 0 saturated carbocycles. The second-order valence-corrected chi connectivity index (χ2v) is 4.71. The van der Waals surface area contributed by atoms with E-state index in [1.165, 1.54) is 0 Å². The van der Waals surface area contributed by atoms with Crippen LogP contribution in [0.15, 0.2) is 28.4 Å². The van der Waals surface area contributed by atoms with E-state index in [1.54, 1.807) is 13.3 Å². The molecular formula is C14H22N4O2. The van der Waals surface area contributed by atoms with Crippen molar-refractivity contribution < 1.29 is 9.47 Å². The van der Waals surface area contributed by atoms with Crippen molar-refractivity contribution in [2.24, 2.45) is 27.6 Å². The van der Waals surface area contributed by atoms with Crippen LogP contribution in [0, 0.1) is 5.92 Å². The molecule has 0 heterocycles. The van der Waals surface area contributed by atoms with E-state index < -0.39 is 0 Å². The number of guanidine groups is 1. The zero-order valence-corrected chi connectivity index (χ0v) is 12.2. The summed E-state index contributed by atoms with van der Waals surface area (Å²) < 4.78 is 11.0. The van der Waals surface area contributed by atoms with Crippen LogP contribution >= 0.6 is 0 Å². The van der Waals surface area contributed by atoms with Gasteiger partial charge in [-0.15, -0.1) is 5.10 Å². The van der Waals surface area contributed by atoms with Gasteiger partial charge < -0.3 is 20.9 Å². The van der Waals surface area contributed by atoms with E-state index in [1.807, 2.05) is 18.2 Å². The predicted octanol–water partition coefficient (Wildman–Crippen LogP) is 1.73. The van der Waals surface area contributed by atoms with Gasteiger partial charge in [0.2, 0.25) is 5.96 Å². The van der Waals surface area contributed by atoms with Gasteiger partial charge in [-0.3, -0.25) is 0 Å². The van der Waals surface area contributed by atoms with Gasteiger partial charge in [0.25, 0.3) is 0 Å². The molecule has 20 heavy (non-hydrogen) atoms. The lowest BCUT2D eigenvalue weighted by Crippen LogP contribution is -2.21. The molecule has 0 amide bonds. The van der Waals surface area contributed by atoms with Gasteiger partial charge in [0.05, 0.1) is 19.9 Å². The molecular weight excluding hydrogens is 256 g/mol. The largest absolute Gasteiger partial charge is 0.493 e. The van der Waals surface area contributed by atoms with Gasteiger partial charge in [-0.1, -0.05) is 13.8 Å². The van der Waals surface area contributed by atoms with Crippen molar-refractivity contribution in [2.45, 2.75) is 20.3 Å². The second-order valence-electron chi connectivity index (χ2n) is 4.71. The highest BCUT2D eigenvalue weighted by atomic mass is 16.5. The van der Waals surface area contributed by atoms with Crippen LogP contribution in [0.4, 0.5) is 0 Å². The van der Waals surface area contributed by atoms with E-state index in [0.29, 0.717) is 24.0 Å². The van der Waals surface area contributed by atoms with Gasteiger partial charge in [-0.25, -0.2) is 0 Å². The highest BCUT2D eigenvalue weighted by molar-refractivity contribution is 5.82. The SMILES string of the molecule is COc1cc(C=NN=C(N)N)ccc1OCCC(C)C. The van der Waals surface area contributed by atoms with Gasteiger partial charge in [0.15, 0.2) is 11.5 Å². The molecule has 6 heteroatoms. The van der Waals surface area contributed by atoms with Gasteiger partial charge in [-0.2, -0.15) is 5.10 Å². The van der Waals surface area contributed by atoms with E-state index in [9.17, 15) is 0 Å². The van der Waals surface area contributed by atoms with Crippen molar-refractivity contribution in [3.05, 3.63) is 23.8 Å². The first-order valence-electron chi connectivity index (χ1n) is 6.45. The van der Waals surface area contributed by atoms with Crippen LogP contribution in [-0.2, 0) is 0 Å². The molecule has 0 aliphatic rings. The number of methoxy groups -OCH3 is 1. The van der Waals surface area contributed by atoms with Crippen LogP contribution in [0.3, 0.4) is 0 Å². The molecule has 0 fully saturated rings. The Morgan fingerprint density at radius 2 is 2.05 bits per heavy atom. The Morgan fingerprint density at radius 3 is 2.65 bits per heavy atom. The molecule has 0 saturated heterocycles. The van der Waals surface area contributed by atoms with Crippen molar-refractivity contribution in [1.29, 1.82) is 0 Å². The van der Waals surface area contributed by atoms with E-state index >= 15 is 0 Å². The first-order chi connectivity index (χ1) is 9.52. The third-order valence-electron chi connectivity index (χ3n) is 2.52. The second kappa shape index (κ2) is 8.04. The van der Waals surface area contributed by atoms with E-state index in [2.05, 4.69) is 24.1 Å². The summed E-state index contributed by atoms with van der Waals surface area (Å²) >= 11 is 0. The Balaban J connectivity index is 2.74. The van der Waals surface area contributed by atoms with Crippen LogP contribution in [0.2, 0.25) is 0 Å². The van der Waals surface area contributed by atoms with Crippen molar-refractivity contribution in [2.75, 3.05) is 13.7 Å². The van der Waals surface area contributed by atoms with Crippen molar-refractivity contribution in [3.8, 4) is 11.5 Å². The van der Waals surface area contributed by atoms with Crippen LogP contribution in [0.5, 0.6) is 11.5 Å². The van der Waals surface area contributed by atoms with E-state index in [-0.39, 0.29) is 5.96 Å². The lowest BCUT2D eigenvalue weighted by Gasteiger charge is -2.12. The standard InChI is InChI=1S/C14H22N4O2/c1-10(2)6-7-20-12-5-4-11(8-13(12)19-3)9-17-18-14(15)16/h4-5,8-10H,6-7H2,1-3H3,(H4,15,16,18). The molecule has 0 spiro atoms. The molecule has 6 nitrogen and oxygen atoms in total. The maximum absolute atomic E-state index is 5.70. The molecule has 0 unspecified atom stereocenters. The normalized spacial score (nSPS) is 10.8. The monoisotopic (exact) mass is 278 g/mol. The quantitative estimate of drug-likeness (QED) is 0.451. The zero-order valence-electron chi connectivity index (χ0n) is 12.2. The topological polar surface area (TPSA) is 95.2 Å². The summed E-state index contributed by atoms with van der Waals surface area (Å²) in [5, 5.41) is 7.28. The summed E-state index contributed by atoms with van der Waals surface area (Å²) in [4.78, 5) is 0. The molecule has 1 rings (SSSR count). The van der Waals surface area contributed by atoms with Gasteiger partial charge in [-0.05, 0) is 36.1 Å². The zero-order chi connectivity index (χ0) is 15.0. The van der Waals surface area contributed by atoms with E-state index in [0.717, 1.165) is 12.0 Å². The average Bonchev–Trinajstić information content (AvgIpc) is 2.39. The number of hydrogen-bond donors (Lipinski definition) is 2. The molecule has 0 atom stereocenters. The van der Waals surface area contributed by atoms with Gasteiger partial charge in [0, 0.05) is 0 Å². The maximum Gasteiger partial charge on any atom is 0.211 e. The van der Waals surface area contributed by atoms with Crippen LogP contribution < -0.4 is 20.9 Å². The van der Waals surface area contributed by atoms with Gasteiger partial charge in [0.1, 0.15) is 0 Å². The number of ether oxygens (including phenoxy) is 2. The summed E-state index contributed by atoms with van der Waals surface area (Å²) in [5.41, 5.74) is 11.2. The first-order valence-corrected chi connectivity index (χ1v) is 6.45. The summed E-state index contributed by atoms with van der Waals surface area (Å²) in [6, 6.07) is 5.52. The lowest BCUT2D eigenvalue weighted by atomic mass is 10.1. The fourth-order valence-corrected chi connectivity index (χ4v) is 1.45. The summed E-state index contributed by atoms with van der Waals surface area (Å²) in [6.45, 7) is 4.98. The van der Waals surface area contributed by atoms with Crippen LogP contribution in [0.25, 0.3) is 0 Å². The van der Waals surface area contributed by atoms with Crippen LogP contribution in [0.1, 0.15) is 25.8 Å².